The summed E-state index contributed by atoms with van der Waals surface area (Å²) in [4.78, 5) is 12.1. The van der Waals surface area contributed by atoms with Gasteiger partial charge in [-0.15, -0.1) is 0 Å². The summed E-state index contributed by atoms with van der Waals surface area (Å²) in [7, 11) is 0. The summed E-state index contributed by atoms with van der Waals surface area (Å²) in [6.07, 6.45) is 3.91. The van der Waals surface area contributed by atoms with Gasteiger partial charge in [0.1, 0.15) is 5.82 Å². The number of anilines is 2. The van der Waals surface area contributed by atoms with E-state index < -0.39 is 5.82 Å². The van der Waals surface area contributed by atoms with Crippen LogP contribution < -0.4 is 11.1 Å². The van der Waals surface area contributed by atoms with Crippen molar-refractivity contribution in [1.29, 1.82) is 0 Å². The van der Waals surface area contributed by atoms with E-state index in [2.05, 4.69) is 5.32 Å². The Morgan fingerprint density at radius 3 is 2.71 bits per heavy atom. The molecule has 17 heavy (non-hydrogen) atoms. The fourth-order valence-corrected chi connectivity index (χ4v) is 2.29. The fourth-order valence-electron chi connectivity index (χ4n) is 2.29. The average molecular weight is 236 g/mol. The summed E-state index contributed by atoms with van der Waals surface area (Å²) in [6.45, 7) is 1.95. The van der Waals surface area contributed by atoms with Crippen molar-refractivity contribution < 1.29 is 9.18 Å². The number of carbonyl (C=O) groups excluding carboxylic acids is 1. The van der Waals surface area contributed by atoms with Gasteiger partial charge in [-0.3, -0.25) is 4.79 Å². The van der Waals surface area contributed by atoms with Gasteiger partial charge in [-0.1, -0.05) is 19.8 Å². The summed E-state index contributed by atoms with van der Waals surface area (Å²) in [5, 5.41) is 2.73. The Morgan fingerprint density at radius 2 is 2.06 bits per heavy atom. The van der Waals surface area contributed by atoms with E-state index in [1.165, 1.54) is 18.2 Å². The van der Waals surface area contributed by atoms with E-state index in [1.54, 1.807) is 0 Å². The van der Waals surface area contributed by atoms with Crippen molar-refractivity contribution in [3.63, 3.8) is 0 Å². The third-order valence-electron chi connectivity index (χ3n) is 3.52. The van der Waals surface area contributed by atoms with E-state index in [4.69, 9.17) is 5.73 Å². The van der Waals surface area contributed by atoms with E-state index in [-0.39, 0.29) is 11.3 Å². The van der Waals surface area contributed by atoms with Crippen LogP contribution in [0.1, 0.15) is 32.6 Å². The summed E-state index contributed by atoms with van der Waals surface area (Å²) in [5.41, 5.74) is 6.12. The first-order chi connectivity index (χ1) is 8.01. The molecule has 3 nitrogen and oxygen atoms in total. The van der Waals surface area contributed by atoms with Gasteiger partial charge in [-0.25, -0.2) is 4.39 Å². The first kappa shape index (κ1) is 11.9. The third kappa shape index (κ3) is 2.40. The minimum atomic E-state index is -0.397. The monoisotopic (exact) mass is 236 g/mol. The lowest BCUT2D eigenvalue weighted by atomic mass is 9.88. The number of hydrogen-bond acceptors (Lipinski definition) is 2. The fraction of sp³-hybridized carbons (Fsp3) is 0.462. The molecule has 1 amide bonds. The lowest BCUT2D eigenvalue weighted by Gasteiger charge is -2.22. The summed E-state index contributed by atoms with van der Waals surface area (Å²) in [6, 6.07) is 4.00. The predicted octanol–water partition coefficient (Wildman–Crippen LogP) is 2.93. The minimum absolute atomic E-state index is 0.0627. The second-order valence-corrected chi connectivity index (χ2v) is 4.95. The zero-order chi connectivity index (χ0) is 12.5. The molecule has 0 atom stereocenters. The topological polar surface area (TPSA) is 55.1 Å². The number of nitrogens with one attached hydrogen (secondary N) is 1. The highest BCUT2D eigenvalue weighted by Crippen LogP contribution is 2.38. The Balaban J connectivity index is 2.15. The van der Waals surface area contributed by atoms with Crippen LogP contribution in [-0.2, 0) is 4.79 Å². The highest BCUT2D eigenvalue weighted by Gasteiger charge is 2.36. The van der Waals surface area contributed by atoms with Crippen LogP contribution in [0.25, 0.3) is 0 Å². The zero-order valence-corrected chi connectivity index (χ0v) is 9.92. The Morgan fingerprint density at radius 1 is 1.41 bits per heavy atom. The Bertz CT molecular complexity index is 439. The molecule has 0 aromatic heterocycles. The normalized spacial score (nSPS) is 18.0. The molecule has 1 aromatic carbocycles. The number of halogens is 1. The molecule has 4 heteroatoms. The molecule has 1 aromatic rings. The van der Waals surface area contributed by atoms with Gasteiger partial charge in [0.05, 0.1) is 11.4 Å². The van der Waals surface area contributed by atoms with Gasteiger partial charge in [0, 0.05) is 5.41 Å². The number of nitrogens with two attached hydrogens (primary N) is 1. The standard InChI is InChI=1S/C13H17FN2O/c1-13(6-2-3-7-13)12(17)16-11-8-9(14)4-5-10(11)15/h4-5,8H,2-3,6-7,15H2,1H3,(H,16,17). The van der Waals surface area contributed by atoms with E-state index in [9.17, 15) is 9.18 Å². The average Bonchev–Trinajstić information content (AvgIpc) is 2.72. The second-order valence-electron chi connectivity index (χ2n) is 4.95. The minimum Gasteiger partial charge on any atom is -0.397 e. The van der Waals surface area contributed by atoms with Crippen molar-refractivity contribution in [1.82, 2.24) is 0 Å². The molecule has 92 valence electrons. The van der Waals surface area contributed by atoms with Gasteiger partial charge in [-0.05, 0) is 31.0 Å². The van der Waals surface area contributed by atoms with Gasteiger partial charge >= 0.3 is 0 Å². The first-order valence-electron chi connectivity index (χ1n) is 5.88. The van der Waals surface area contributed by atoms with Gasteiger partial charge in [0.2, 0.25) is 5.91 Å². The van der Waals surface area contributed by atoms with Crippen molar-refractivity contribution in [3.05, 3.63) is 24.0 Å². The maximum absolute atomic E-state index is 13.1. The maximum Gasteiger partial charge on any atom is 0.230 e. The summed E-state index contributed by atoms with van der Waals surface area (Å²) >= 11 is 0. The van der Waals surface area contributed by atoms with Crippen LogP contribution in [0.4, 0.5) is 15.8 Å². The number of rotatable bonds is 2. The Labute approximate surface area is 100 Å². The molecule has 2 rings (SSSR count). The number of benzene rings is 1. The maximum atomic E-state index is 13.1. The van der Waals surface area contributed by atoms with E-state index >= 15 is 0 Å². The summed E-state index contributed by atoms with van der Waals surface area (Å²) in [5.74, 6) is -0.460. The molecule has 3 N–H and O–H groups in total. The van der Waals surface area contributed by atoms with Gasteiger partial charge in [-0.2, -0.15) is 0 Å². The van der Waals surface area contributed by atoms with Crippen molar-refractivity contribution in [2.75, 3.05) is 11.1 Å². The molecule has 1 aliphatic rings. The molecule has 0 radical (unpaired) electrons. The van der Waals surface area contributed by atoms with Crippen LogP contribution in [0, 0.1) is 11.2 Å². The van der Waals surface area contributed by atoms with E-state index in [0.717, 1.165) is 25.7 Å². The van der Waals surface area contributed by atoms with Gasteiger partial charge in [0.25, 0.3) is 0 Å². The predicted molar refractivity (Wildman–Crippen MR) is 66.0 cm³/mol. The smallest absolute Gasteiger partial charge is 0.230 e. The molecule has 0 unspecified atom stereocenters. The highest BCUT2D eigenvalue weighted by atomic mass is 19.1. The second kappa shape index (κ2) is 4.35. The van der Waals surface area contributed by atoms with Crippen LogP contribution in [0.3, 0.4) is 0 Å². The number of carbonyl (C=O) groups is 1. The summed E-state index contributed by atoms with van der Waals surface area (Å²) < 4.78 is 13.1. The van der Waals surface area contributed by atoms with Crippen molar-refractivity contribution in [2.24, 2.45) is 5.41 Å². The van der Waals surface area contributed by atoms with Crippen LogP contribution in [0.2, 0.25) is 0 Å². The molecule has 1 aliphatic carbocycles. The SMILES string of the molecule is CC1(C(=O)Nc2cc(F)ccc2N)CCCC1. The molecule has 0 spiro atoms. The van der Waals surface area contributed by atoms with Crippen molar-refractivity contribution in [3.8, 4) is 0 Å². The van der Waals surface area contributed by atoms with Crippen LogP contribution >= 0.6 is 0 Å². The van der Waals surface area contributed by atoms with Gasteiger partial charge in [0.15, 0.2) is 0 Å². The van der Waals surface area contributed by atoms with Crippen LogP contribution in [0.15, 0.2) is 18.2 Å². The quantitative estimate of drug-likeness (QED) is 0.776. The molecule has 0 bridgehead atoms. The molecule has 0 saturated heterocycles. The Kier molecular flexibility index (Phi) is 3.05. The zero-order valence-electron chi connectivity index (χ0n) is 9.92. The third-order valence-corrected chi connectivity index (χ3v) is 3.52. The molecule has 1 saturated carbocycles. The van der Waals surface area contributed by atoms with Crippen LogP contribution in [0.5, 0.6) is 0 Å². The lowest BCUT2D eigenvalue weighted by Crippen LogP contribution is -2.31. The number of amides is 1. The Hall–Kier alpha value is -1.58. The molecule has 1 fully saturated rings. The molecule has 0 aliphatic heterocycles. The number of nitrogen functional groups attached to an aromatic ring is 1. The van der Waals surface area contributed by atoms with Crippen molar-refractivity contribution >= 4 is 17.3 Å². The first-order valence-corrected chi connectivity index (χ1v) is 5.88. The molecular formula is C13H17FN2O. The largest absolute Gasteiger partial charge is 0.397 e. The number of hydrogen-bond donors (Lipinski definition) is 2. The molecule has 0 heterocycles. The van der Waals surface area contributed by atoms with Crippen molar-refractivity contribution in [2.45, 2.75) is 32.6 Å². The van der Waals surface area contributed by atoms with Crippen LogP contribution in [-0.4, -0.2) is 5.91 Å². The highest BCUT2D eigenvalue weighted by molar-refractivity contribution is 5.97. The van der Waals surface area contributed by atoms with Gasteiger partial charge < -0.3 is 11.1 Å². The van der Waals surface area contributed by atoms with E-state index in [0.29, 0.717) is 11.4 Å². The van der Waals surface area contributed by atoms with E-state index in [1.807, 2.05) is 6.92 Å². The molecular weight excluding hydrogens is 219 g/mol. The lowest BCUT2D eigenvalue weighted by molar-refractivity contribution is -0.124.